The van der Waals surface area contributed by atoms with Crippen LogP contribution in [0.5, 0.6) is 0 Å². The summed E-state index contributed by atoms with van der Waals surface area (Å²) in [5.74, 6) is 1.69. The van der Waals surface area contributed by atoms with Crippen molar-refractivity contribution in [3.8, 4) is 0 Å². The number of nitrogens with one attached hydrogen (secondary N) is 1. The Labute approximate surface area is 158 Å². The minimum Gasteiger partial charge on any atom is -0.342 e. The van der Waals surface area contributed by atoms with Crippen molar-refractivity contribution in [2.45, 2.75) is 65.2 Å². The second-order valence-electron chi connectivity index (χ2n) is 8.81. The first kappa shape index (κ1) is 19.7. The van der Waals surface area contributed by atoms with Crippen LogP contribution in [0.25, 0.3) is 0 Å². The van der Waals surface area contributed by atoms with E-state index in [0.717, 1.165) is 64.8 Å². The van der Waals surface area contributed by atoms with Gasteiger partial charge in [0.15, 0.2) is 0 Å². The molecule has 3 aliphatic heterocycles. The van der Waals surface area contributed by atoms with Gasteiger partial charge < -0.3 is 15.1 Å². The number of carbonyl (C=O) groups excluding carboxylic acids is 2. The number of carbonyl (C=O) groups is 2. The van der Waals surface area contributed by atoms with Crippen LogP contribution >= 0.6 is 0 Å². The van der Waals surface area contributed by atoms with Crippen molar-refractivity contribution in [1.82, 2.24) is 15.1 Å². The fourth-order valence-corrected chi connectivity index (χ4v) is 5.10. The lowest BCUT2D eigenvalue weighted by Gasteiger charge is -2.40. The van der Waals surface area contributed by atoms with Crippen molar-refractivity contribution < 1.29 is 9.59 Å². The smallest absolute Gasteiger partial charge is 0.230 e. The zero-order chi connectivity index (χ0) is 18.6. The second-order valence-corrected chi connectivity index (χ2v) is 8.81. The minimum atomic E-state index is -0.508. The number of likely N-dealkylation sites (tertiary alicyclic amines) is 2. The Morgan fingerprint density at radius 1 is 1.00 bits per heavy atom. The summed E-state index contributed by atoms with van der Waals surface area (Å²) in [7, 11) is 0. The second kappa shape index (κ2) is 8.73. The molecule has 0 aromatic rings. The average molecular weight is 364 g/mol. The predicted molar refractivity (Wildman–Crippen MR) is 104 cm³/mol. The van der Waals surface area contributed by atoms with Crippen molar-refractivity contribution in [2.75, 3.05) is 39.3 Å². The van der Waals surface area contributed by atoms with Crippen LogP contribution in [0.4, 0.5) is 0 Å². The zero-order valence-corrected chi connectivity index (χ0v) is 16.8. The third-order valence-electron chi connectivity index (χ3n) is 7.02. The Morgan fingerprint density at radius 3 is 2.19 bits per heavy atom. The minimum absolute atomic E-state index is 0.198. The molecule has 3 heterocycles. The number of hydrogen-bond acceptors (Lipinski definition) is 3. The van der Waals surface area contributed by atoms with E-state index in [0.29, 0.717) is 24.8 Å². The van der Waals surface area contributed by atoms with E-state index in [2.05, 4.69) is 24.1 Å². The Balaban J connectivity index is 1.67. The molecule has 0 radical (unpaired) electrons. The van der Waals surface area contributed by atoms with E-state index in [9.17, 15) is 9.59 Å². The van der Waals surface area contributed by atoms with E-state index in [1.54, 1.807) is 0 Å². The molecular weight excluding hydrogens is 326 g/mol. The molecule has 3 saturated heterocycles. The van der Waals surface area contributed by atoms with Gasteiger partial charge >= 0.3 is 0 Å². The summed E-state index contributed by atoms with van der Waals surface area (Å²) < 4.78 is 0. The topological polar surface area (TPSA) is 52.7 Å². The largest absolute Gasteiger partial charge is 0.342 e. The molecule has 0 aromatic heterocycles. The summed E-state index contributed by atoms with van der Waals surface area (Å²) >= 11 is 0. The van der Waals surface area contributed by atoms with E-state index in [1.807, 2.05) is 4.90 Å². The summed E-state index contributed by atoms with van der Waals surface area (Å²) in [6.45, 7) is 9.45. The highest BCUT2D eigenvalue weighted by Crippen LogP contribution is 2.35. The monoisotopic (exact) mass is 363 g/mol. The van der Waals surface area contributed by atoms with Crippen LogP contribution in [0.2, 0.25) is 0 Å². The summed E-state index contributed by atoms with van der Waals surface area (Å²) in [6, 6.07) is 0. The average Bonchev–Trinajstić information content (AvgIpc) is 3.17. The third kappa shape index (κ3) is 4.24. The van der Waals surface area contributed by atoms with Gasteiger partial charge in [0.25, 0.3) is 0 Å². The number of piperidine rings is 2. The van der Waals surface area contributed by atoms with Gasteiger partial charge in [-0.15, -0.1) is 0 Å². The van der Waals surface area contributed by atoms with Crippen LogP contribution in [0.15, 0.2) is 0 Å². The van der Waals surface area contributed by atoms with Crippen LogP contribution < -0.4 is 5.32 Å². The van der Waals surface area contributed by atoms with Crippen molar-refractivity contribution in [3.63, 3.8) is 0 Å². The van der Waals surface area contributed by atoms with Crippen LogP contribution in [0.3, 0.4) is 0 Å². The molecule has 0 bridgehead atoms. The molecule has 0 aliphatic carbocycles. The van der Waals surface area contributed by atoms with Gasteiger partial charge in [-0.3, -0.25) is 9.59 Å². The standard InChI is InChI=1S/C21H37N3O2/c1-3-17-7-5-11-23(14-17)19(25)13-21(9-10-22-16-21)20(26)24-12-6-8-18(4-2)15-24/h17-18,22H,3-16H2,1-2H3. The fraction of sp³-hybridized carbons (Fsp3) is 0.905. The first-order valence-electron chi connectivity index (χ1n) is 10.9. The summed E-state index contributed by atoms with van der Waals surface area (Å²) in [6.07, 6.45) is 8.15. The van der Waals surface area contributed by atoms with Crippen LogP contribution in [0, 0.1) is 17.3 Å². The molecule has 3 aliphatic rings. The highest BCUT2D eigenvalue weighted by Gasteiger charge is 2.46. The van der Waals surface area contributed by atoms with E-state index in [1.165, 1.54) is 12.8 Å². The molecule has 5 heteroatoms. The van der Waals surface area contributed by atoms with Crippen LogP contribution in [0.1, 0.15) is 65.2 Å². The Bertz CT molecular complexity index is 501. The molecule has 3 rings (SSSR count). The van der Waals surface area contributed by atoms with Crippen molar-refractivity contribution >= 4 is 11.8 Å². The molecule has 148 valence electrons. The van der Waals surface area contributed by atoms with E-state index in [-0.39, 0.29) is 11.8 Å². The Morgan fingerprint density at radius 2 is 1.62 bits per heavy atom. The summed E-state index contributed by atoms with van der Waals surface area (Å²) in [5, 5.41) is 3.37. The lowest BCUT2D eigenvalue weighted by molar-refractivity contribution is -0.149. The molecular formula is C21H37N3O2. The zero-order valence-electron chi connectivity index (χ0n) is 16.8. The lowest BCUT2D eigenvalue weighted by Crippen LogP contribution is -2.51. The van der Waals surface area contributed by atoms with Gasteiger partial charge in [0.1, 0.15) is 0 Å². The molecule has 1 N–H and O–H groups in total. The van der Waals surface area contributed by atoms with Crippen molar-refractivity contribution in [3.05, 3.63) is 0 Å². The number of rotatable bonds is 5. The molecule has 3 atom stereocenters. The maximum atomic E-state index is 13.4. The lowest BCUT2D eigenvalue weighted by atomic mass is 9.80. The van der Waals surface area contributed by atoms with Crippen molar-refractivity contribution in [2.24, 2.45) is 17.3 Å². The van der Waals surface area contributed by atoms with Crippen LogP contribution in [-0.4, -0.2) is 60.9 Å². The molecule has 0 saturated carbocycles. The first-order valence-corrected chi connectivity index (χ1v) is 10.9. The summed E-state index contributed by atoms with van der Waals surface area (Å²) in [4.78, 5) is 30.6. The molecule has 2 amide bonds. The molecule has 3 unspecified atom stereocenters. The van der Waals surface area contributed by atoms with Gasteiger partial charge in [0, 0.05) is 39.1 Å². The Hall–Kier alpha value is -1.10. The van der Waals surface area contributed by atoms with Gasteiger partial charge in [0.2, 0.25) is 11.8 Å². The quantitative estimate of drug-likeness (QED) is 0.817. The number of nitrogens with zero attached hydrogens (tertiary/aromatic N) is 2. The SMILES string of the molecule is CCC1CCCN(C(=O)CC2(C(=O)N3CCCC(CC)C3)CCNC2)C1. The highest BCUT2D eigenvalue weighted by molar-refractivity contribution is 5.89. The molecule has 3 fully saturated rings. The predicted octanol–water partition coefficient (Wildman–Crippen LogP) is 2.65. The van der Waals surface area contributed by atoms with E-state index >= 15 is 0 Å². The van der Waals surface area contributed by atoms with E-state index in [4.69, 9.17) is 0 Å². The molecule has 26 heavy (non-hydrogen) atoms. The maximum Gasteiger partial charge on any atom is 0.230 e. The first-order chi connectivity index (χ1) is 12.6. The third-order valence-corrected chi connectivity index (χ3v) is 7.02. The maximum absolute atomic E-state index is 13.4. The van der Waals surface area contributed by atoms with E-state index < -0.39 is 5.41 Å². The number of hydrogen-bond donors (Lipinski definition) is 1. The molecule has 5 nitrogen and oxygen atoms in total. The Kier molecular flexibility index (Phi) is 6.60. The fourth-order valence-electron chi connectivity index (χ4n) is 5.10. The van der Waals surface area contributed by atoms with Gasteiger partial charge in [-0.1, -0.05) is 26.7 Å². The molecule has 0 spiro atoms. The summed E-state index contributed by atoms with van der Waals surface area (Å²) in [5.41, 5.74) is -0.508. The van der Waals surface area contributed by atoms with Crippen LogP contribution in [-0.2, 0) is 9.59 Å². The highest BCUT2D eigenvalue weighted by atomic mass is 16.2. The van der Waals surface area contributed by atoms with Crippen molar-refractivity contribution in [1.29, 1.82) is 0 Å². The number of amides is 2. The molecule has 0 aromatic carbocycles. The van der Waals surface area contributed by atoms with Gasteiger partial charge in [-0.2, -0.15) is 0 Å². The van der Waals surface area contributed by atoms with Gasteiger partial charge in [-0.25, -0.2) is 0 Å². The normalized spacial score (nSPS) is 32.7. The van der Waals surface area contributed by atoms with Gasteiger partial charge in [0.05, 0.1) is 5.41 Å². The van der Waals surface area contributed by atoms with Gasteiger partial charge in [-0.05, 0) is 50.5 Å².